The minimum atomic E-state index is -0.413. The summed E-state index contributed by atoms with van der Waals surface area (Å²) in [4.78, 5) is 9.41. The Morgan fingerprint density at radius 2 is 1.85 bits per heavy atom. The minimum Gasteiger partial charge on any atom is -0.389 e. The second kappa shape index (κ2) is 8.80. The molecule has 1 aliphatic rings. The Bertz CT molecular complexity index is 711. The molecule has 1 aromatic heterocycles. The molecule has 1 N–H and O–H groups in total. The van der Waals surface area contributed by atoms with E-state index >= 15 is 0 Å². The number of anilines is 1. The number of aliphatic hydroxyl groups is 1. The molecule has 5 nitrogen and oxygen atoms in total. The molecule has 1 aliphatic heterocycles. The van der Waals surface area contributed by atoms with Crippen LogP contribution in [0.3, 0.4) is 0 Å². The molecule has 1 unspecified atom stereocenters. The molecule has 2 heterocycles. The standard InChI is InChI=1S/C21H31N3O2/c1-16(2)14-26-15-18(25)13-23-8-10-24(11-9-23)21-12-17(3)22-20-7-5-4-6-19(20)21/h4-7,12,16,18,25H,8-11,13-15H2,1-3H3. The normalized spacial score (nSPS) is 17.2. The first-order valence-electron chi connectivity index (χ1n) is 9.62. The Labute approximate surface area is 156 Å². The number of piperazine rings is 1. The van der Waals surface area contributed by atoms with Crippen LogP contribution in [0.25, 0.3) is 10.9 Å². The van der Waals surface area contributed by atoms with E-state index < -0.39 is 6.10 Å². The third-order valence-electron chi connectivity index (χ3n) is 4.77. The van der Waals surface area contributed by atoms with Crippen LogP contribution in [-0.2, 0) is 4.74 Å². The van der Waals surface area contributed by atoms with E-state index in [9.17, 15) is 5.11 Å². The minimum absolute atomic E-state index is 0.413. The Kier molecular flexibility index (Phi) is 6.46. The largest absolute Gasteiger partial charge is 0.389 e. The average molecular weight is 357 g/mol. The van der Waals surface area contributed by atoms with Gasteiger partial charge in [-0.1, -0.05) is 32.0 Å². The number of aromatic nitrogens is 1. The van der Waals surface area contributed by atoms with Crippen LogP contribution in [-0.4, -0.2) is 67.0 Å². The van der Waals surface area contributed by atoms with Gasteiger partial charge in [-0.25, -0.2) is 0 Å². The van der Waals surface area contributed by atoms with E-state index in [1.807, 2.05) is 6.07 Å². The van der Waals surface area contributed by atoms with Gasteiger partial charge in [0.2, 0.25) is 0 Å². The summed E-state index contributed by atoms with van der Waals surface area (Å²) in [5.74, 6) is 0.504. The first-order chi connectivity index (χ1) is 12.5. The summed E-state index contributed by atoms with van der Waals surface area (Å²) < 4.78 is 5.56. The topological polar surface area (TPSA) is 48.8 Å². The van der Waals surface area contributed by atoms with Crippen LogP contribution in [0.1, 0.15) is 19.5 Å². The first kappa shape index (κ1) is 19.1. The van der Waals surface area contributed by atoms with Crippen molar-refractivity contribution in [1.29, 1.82) is 0 Å². The number of pyridine rings is 1. The number of nitrogens with zero attached hydrogens (tertiary/aromatic N) is 3. The van der Waals surface area contributed by atoms with Gasteiger partial charge < -0.3 is 14.7 Å². The first-order valence-corrected chi connectivity index (χ1v) is 9.62. The van der Waals surface area contributed by atoms with Crippen molar-refractivity contribution in [3.8, 4) is 0 Å². The Balaban J connectivity index is 1.56. The van der Waals surface area contributed by atoms with E-state index in [4.69, 9.17) is 4.74 Å². The fraction of sp³-hybridized carbons (Fsp3) is 0.571. The molecule has 0 bridgehead atoms. The lowest BCUT2D eigenvalue weighted by Gasteiger charge is -2.37. The van der Waals surface area contributed by atoms with E-state index in [0.29, 0.717) is 25.7 Å². The Morgan fingerprint density at radius 1 is 1.12 bits per heavy atom. The van der Waals surface area contributed by atoms with E-state index in [0.717, 1.165) is 37.4 Å². The van der Waals surface area contributed by atoms with Crippen LogP contribution < -0.4 is 4.90 Å². The predicted octanol–water partition coefficient (Wildman–Crippen LogP) is 2.70. The van der Waals surface area contributed by atoms with E-state index in [2.05, 4.69) is 59.8 Å². The van der Waals surface area contributed by atoms with Crippen LogP contribution in [0.5, 0.6) is 0 Å². The van der Waals surface area contributed by atoms with Crippen molar-refractivity contribution in [3.63, 3.8) is 0 Å². The fourth-order valence-corrected chi connectivity index (χ4v) is 3.51. The third kappa shape index (κ3) is 4.93. The summed E-state index contributed by atoms with van der Waals surface area (Å²) in [6.45, 7) is 12.0. The van der Waals surface area contributed by atoms with Gasteiger partial charge in [0.05, 0.1) is 18.2 Å². The van der Waals surface area contributed by atoms with Gasteiger partial charge in [0.25, 0.3) is 0 Å². The predicted molar refractivity (Wildman–Crippen MR) is 107 cm³/mol. The summed E-state index contributed by atoms with van der Waals surface area (Å²) in [5.41, 5.74) is 3.38. The molecule has 0 saturated carbocycles. The van der Waals surface area contributed by atoms with Crippen LogP contribution in [0.15, 0.2) is 30.3 Å². The molecule has 142 valence electrons. The van der Waals surface area contributed by atoms with Gasteiger partial charge in [-0.15, -0.1) is 0 Å². The highest BCUT2D eigenvalue weighted by molar-refractivity contribution is 5.92. The van der Waals surface area contributed by atoms with Gasteiger partial charge >= 0.3 is 0 Å². The quantitative estimate of drug-likeness (QED) is 0.826. The van der Waals surface area contributed by atoms with Gasteiger partial charge in [-0.05, 0) is 25.0 Å². The molecule has 1 aromatic carbocycles. The lowest BCUT2D eigenvalue weighted by atomic mass is 10.1. The maximum atomic E-state index is 10.2. The number of aliphatic hydroxyl groups excluding tert-OH is 1. The average Bonchev–Trinajstić information content (AvgIpc) is 2.61. The Morgan fingerprint density at radius 3 is 2.58 bits per heavy atom. The van der Waals surface area contributed by atoms with Gasteiger partial charge in [-0.3, -0.25) is 9.88 Å². The van der Waals surface area contributed by atoms with Crippen molar-refractivity contribution in [3.05, 3.63) is 36.0 Å². The number of aryl methyl sites for hydroxylation is 1. The van der Waals surface area contributed by atoms with Gasteiger partial charge in [0.1, 0.15) is 0 Å². The smallest absolute Gasteiger partial charge is 0.0900 e. The zero-order valence-corrected chi connectivity index (χ0v) is 16.2. The summed E-state index contributed by atoms with van der Waals surface area (Å²) in [6, 6.07) is 10.5. The highest BCUT2D eigenvalue weighted by Crippen LogP contribution is 2.27. The fourth-order valence-electron chi connectivity index (χ4n) is 3.51. The zero-order chi connectivity index (χ0) is 18.5. The van der Waals surface area contributed by atoms with E-state index in [1.54, 1.807) is 0 Å². The summed E-state index contributed by atoms with van der Waals surface area (Å²) in [5, 5.41) is 11.4. The van der Waals surface area contributed by atoms with Crippen LogP contribution in [0.2, 0.25) is 0 Å². The molecule has 1 saturated heterocycles. The van der Waals surface area contributed by atoms with Crippen LogP contribution in [0.4, 0.5) is 5.69 Å². The highest BCUT2D eigenvalue weighted by atomic mass is 16.5. The van der Waals surface area contributed by atoms with Gasteiger partial charge in [0.15, 0.2) is 0 Å². The molecule has 0 amide bonds. The lowest BCUT2D eigenvalue weighted by Crippen LogP contribution is -2.49. The second-order valence-electron chi connectivity index (χ2n) is 7.67. The van der Waals surface area contributed by atoms with Crippen molar-refractivity contribution < 1.29 is 9.84 Å². The van der Waals surface area contributed by atoms with Crippen molar-refractivity contribution >= 4 is 16.6 Å². The monoisotopic (exact) mass is 357 g/mol. The third-order valence-corrected chi connectivity index (χ3v) is 4.77. The number of hydrogen-bond donors (Lipinski definition) is 1. The van der Waals surface area contributed by atoms with Gasteiger partial charge in [0, 0.05) is 56.1 Å². The summed E-state index contributed by atoms with van der Waals surface area (Å²) >= 11 is 0. The number of rotatable bonds is 7. The van der Waals surface area contributed by atoms with Crippen molar-refractivity contribution in [2.75, 3.05) is 50.8 Å². The van der Waals surface area contributed by atoms with Crippen molar-refractivity contribution in [1.82, 2.24) is 9.88 Å². The number of para-hydroxylation sites is 1. The van der Waals surface area contributed by atoms with Crippen molar-refractivity contribution in [2.24, 2.45) is 5.92 Å². The molecule has 2 aromatic rings. The van der Waals surface area contributed by atoms with E-state index in [-0.39, 0.29) is 0 Å². The van der Waals surface area contributed by atoms with E-state index in [1.165, 1.54) is 11.1 Å². The second-order valence-corrected chi connectivity index (χ2v) is 7.67. The van der Waals surface area contributed by atoms with Crippen LogP contribution in [0, 0.1) is 12.8 Å². The molecular weight excluding hydrogens is 326 g/mol. The Hall–Kier alpha value is -1.69. The number of hydrogen-bond acceptors (Lipinski definition) is 5. The summed E-state index contributed by atoms with van der Waals surface area (Å²) in [6.07, 6.45) is -0.413. The molecule has 0 aliphatic carbocycles. The molecule has 5 heteroatoms. The summed E-state index contributed by atoms with van der Waals surface area (Å²) in [7, 11) is 0. The highest BCUT2D eigenvalue weighted by Gasteiger charge is 2.21. The van der Waals surface area contributed by atoms with Crippen molar-refractivity contribution in [2.45, 2.75) is 26.9 Å². The molecule has 1 fully saturated rings. The lowest BCUT2D eigenvalue weighted by molar-refractivity contribution is 0.00748. The maximum absolute atomic E-state index is 10.2. The number of β-amino-alcohol motifs (C(OH)–C–C–N with tert-alkyl or cyclic N) is 1. The zero-order valence-electron chi connectivity index (χ0n) is 16.2. The molecule has 0 spiro atoms. The SMILES string of the molecule is Cc1cc(N2CCN(CC(O)COCC(C)C)CC2)c2ccccc2n1. The maximum Gasteiger partial charge on any atom is 0.0900 e. The molecule has 0 radical (unpaired) electrons. The molecule has 1 atom stereocenters. The molecule has 3 rings (SSSR count). The van der Waals surface area contributed by atoms with Crippen LogP contribution >= 0.6 is 0 Å². The number of ether oxygens (including phenoxy) is 1. The van der Waals surface area contributed by atoms with Gasteiger partial charge in [-0.2, -0.15) is 0 Å². The molecule has 26 heavy (non-hydrogen) atoms. The molecular formula is C21H31N3O2. The number of fused-ring (bicyclic) bond motifs is 1. The number of benzene rings is 1.